The summed E-state index contributed by atoms with van der Waals surface area (Å²) in [6.07, 6.45) is -2.36. The first-order valence-corrected chi connectivity index (χ1v) is 6.61. The summed E-state index contributed by atoms with van der Waals surface area (Å²) in [4.78, 5) is 14.0. The first-order valence-electron chi connectivity index (χ1n) is 6.61. The summed E-state index contributed by atoms with van der Waals surface area (Å²) in [7, 11) is 0. The molecule has 1 aromatic carbocycles. The molecule has 2 fully saturated rings. The molecule has 116 valence electrons. The molecule has 1 saturated carbocycles. The second kappa shape index (κ2) is 5.50. The zero-order chi connectivity index (χ0) is 14.4. The fraction of sp³-hybridized carbons (Fsp3) is 0.500. The van der Waals surface area contributed by atoms with Gasteiger partial charge < -0.3 is 10.2 Å². The molecule has 0 unspecified atom stereocenters. The molecule has 1 aliphatic carbocycles. The number of halogens is 4. The van der Waals surface area contributed by atoms with Gasteiger partial charge in [0.2, 0.25) is 0 Å². The lowest BCUT2D eigenvalue weighted by Gasteiger charge is -2.34. The Kier molecular flexibility index (Phi) is 4.22. The summed E-state index contributed by atoms with van der Waals surface area (Å²) >= 11 is 0. The van der Waals surface area contributed by atoms with Crippen LogP contribution in [0.5, 0.6) is 0 Å². The highest BCUT2D eigenvalue weighted by molar-refractivity contribution is 5.94. The summed E-state index contributed by atoms with van der Waals surface area (Å²) in [6, 6.07) is 4.64. The molecule has 3 rings (SSSR count). The number of hydrogen-bond acceptors (Lipinski definition) is 2. The molecule has 1 spiro atoms. The minimum absolute atomic E-state index is 0. The Balaban J connectivity index is 0.00000161. The lowest BCUT2D eigenvalue weighted by atomic mass is 10.1. The quantitative estimate of drug-likeness (QED) is 0.863. The van der Waals surface area contributed by atoms with Gasteiger partial charge in [-0.15, -0.1) is 12.4 Å². The molecule has 0 aromatic heterocycles. The van der Waals surface area contributed by atoms with Crippen molar-refractivity contribution in [1.82, 2.24) is 10.2 Å². The van der Waals surface area contributed by atoms with Crippen LogP contribution in [0.1, 0.15) is 28.8 Å². The average molecular weight is 321 g/mol. The highest BCUT2D eigenvalue weighted by atomic mass is 35.5. The summed E-state index contributed by atoms with van der Waals surface area (Å²) in [5.74, 6) is -0.316. The Morgan fingerprint density at radius 2 is 2.00 bits per heavy atom. The van der Waals surface area contributed by atoms with Crippen LogP contribution >= 0.6 is 12.4 Å². The largest absolute Gasteiger partial charge is 0.416 e. The van der Waals surface area contributed by atoms with Crippen LogP contribution in [0.25, 0.3) is 0 Å². The summed E-state index contributed by atoms with van der Waals surface area (Å²) in [5, 5.41) is 3.37. The molecule has 1 heterocycles. The minimum atomic E-state index is -4.42. The van der Waals surface area contributed by atoms with Gasteiger partial charge in [0, 0.05) is 30.7 Å². The van der Waals surface area contributed by atoms with Crippen LogP contribution < -0.4 is 5.32 Å². The summed E-state index contributed by atoms with van der Waals surface area (Å²) < 4.78 is 38.0. The standard InChI is InChI=1S/C14H15F3N2O.ClH/c15-14(16,17)11-3-1-2-10(8-11)12(20)19-7-6-18-13(9-19)4-5-13;/h1-3,8,18H,4-7,9H2;1H. The number of carbonyl (C=O) groups is 1. The predicted molar refractivity (Wildman–Crippen MR) is 74.6 cm³/mol. The molecule has 0 atom stereocenters. The van der Waals surface area contributed by atoms with E-state index in [0.717, 1.165) is 25.0 Å². The zero-order valence-electron chi connectivity index (χ0n) is 11.2. The van der Waals surface area contributed by atoms with E-state index in [1.807, 2.05) is 0 Å². The van der Waals surface area contributed by atoms with E-state index < -0.39 is 11.7 Å². The predicted octanol–water partition coefficient (Wildman–Crippen LogP) is 2.71. The highest BCUT2D eigenvalue weighted by Crippen LogP contribution is 2.38. The molecule has 21 heavy (non-hydrogen) atoms. The monoisotopic (exact) mass is 320 g/mol. The Labute approximate surface area is 126 Å². The Morgan fingerprint density at radius 1 is 1.29 bits per heavy atom. The molecule has 1 saturated heterocycles. The topological polar surface area (TPSA) is 32.3 Å². The smallest absolute Gasteiger partial charge is 0.336 e. The van der Waals surface area contributed by atoms with Gasteiger partial charge in [-0.3, -0.25) is 4.79 Å². The fourth-order valence-electron chi connectivity index (χ4n) is 2.63. The van der Waals surface area contributed by atoms with Crippen molar-refractivity contribution in [3.63, 3.8) is 0 Å². The van der Waals surface area contributed by atoms with E-state index in [4.69, 9.17) is 0 Å². The Morgan fingerprint density at radius 3 is 2.62 bits per heavy atom. The van der Waals surface area contributed by atoms with Gasteiger partial charge in [-0.25, -0.2) is 0 Å². The van der Waals surface area contributed by atoms with Crippen molar-refractivity contribution < 1.29 is 18.0 Å². The average Bonchev–Trinajstić information content (AvgIpc) is 3.16. The first kappa shape index (κ1) is 16.1. The van der Waals surface area contributed by atoms with Gasteiger partial charge in [-0.2, -0.15) is 13.2 Å². The zero-order valence-corrected chi connectivity index (χ0v) is 12.1. The van der Waals surface area contributed by atoms with E-state index in [0.29, 0.717) is 19.6 Å². The number of amides is 1. The van der Waals surface area contributed by atoms with Crippen LogP contribution in [-0.4, -0.2) is 36.0 Å². The van der Waals surface area contributed by atoms with Crippen LogP contribution in [0.15, 0.2) is 24.3 Å². The molecular formula is C14H16ClF3N2O. The Bertz CT molecular complexity index is 543. The molecule has 0 bridgehead atoms. The number of nitrogens with one attached hydrogen (secondary N) is 1. The van der Waals surface area contributed by atoms with Gasteiger partial charge >= 0.3 is 6.18 Å². The van der Waals surface area contributed by atoms with Crippen LogP contribution in [0.2, 0.25) is 0 Å². The summed E-state index contributed by atoms with van der Waals surface area (Å²) in [5.41, 5.74) is -0.646. The van der Waals surface area contributed by atoms with E-state index in [1.165, 1.54) is 12.1 Å². The normalized spacial score (nSPS) is 20.0. The number of nitrogens with zero attached hydrogens (tertiary/aromatic N) is 1. The summed E-state index contributed by atoms with van der Waals surface area (Å²) in [6.45, 7) is 1.82. The van der Waals surface area contributed by atoms with Gasteiger partial charge in [0.15, 0.2) is 0 Å². The molecule has 0 radical (unpaired) electrons. The van der Waals surface area contributed by atoms with Crippen molar-refractivity contribution in [3.8, 4) is 0 Å². The third-order valence-corrected chi connectivity index (χ3v) is 3.95. The van der Waals surface area contributed by atoms with Crippen molar-refractivity contribution >= 4 is 18.3 Å². The van der Waals surface area contributed by atoms with Gasteiger partial charge in [0.25, 0.3) is 5.91 Å². The van der Waals surface area contributed by atoms with Crippen molar-refractivity contribution in [1.29, 1.82) is 0 Å². The van der Waals surface area contributed by atoms with Crippen molar-refractivity contribution in [2.75, 3.05) is 19.6 Å². The van der Waals surface area contributed by atoms with Crippen LogP contribution in [0, 0.1) is 0 Å². The second-order valence-electron chi connectivity index (χ2n) is 5.51. The van der Waals surface area contributed by atoms with E-state index in [9.17, 15) is 18.0 Å². The van der Waals surface area contributed by atoms with E-state index in [2.05, 4.69) is 5.32 Å². The third kappa shape index (κ3) is 3.32. The fourth-order valence-corrected chi connectivity index (χ4v) is 2.63. The molecule has 3 nitrogen and oxygen atoms in total. The number of carbonyl (C=O) groups excluding carboxylic acids is 1. The van der Waals surface area contributed by atoms with E-state index in [1.54, 1.807) is 4.90 Å². The van der Waals surface area contributed by atoms with Crippen molar-refractivity contribution in [2.24, 2.45) is 0 Å². The van der Waals surface area contributed by atoms with Gasteiger partial charge in [-0.1, -0.05) is 6.07 Å². The number of piperazine rings is 1. The maximum absolute atomic E-state index is 12.7. The SMILES string of the molecule is Cl.O=C(c1cccc(C(F)(F)F)c1)N1CCNC2(CC2)C1. The third-order valence-electron chi connectivity index (χ3n) is 3.95. The van der Waals surface area contributed by atoms with Crippen molar-refractivity contribution in [3.05, 3.63) is 35.4 Å². The number of benzene rings is 1. The molecule has 1 amide bonds. The molecule has 1 aromatic rings. The van der Waals surface area contributed by atoms with Gasteiger partial charge in [-0.05, 0) is 31.0 Å². The highest BCUT2D eigenvalue weighted by Gasteiger charge is 2.46. The van der Waals surface area contributed by atoms with Gasteiger partial charge in [0.1, 0.15) is 0 Å². The maximum Gasteiger partial charge on any atom is 0.416 e. The molecule has 7 heteroatoms. The number of rotatable bonds is 1. The lowest BCUT2D eigenvalue weighted by molar-refractivity contribution is -0.137. The molecule has 1 N–H and O–H groups in total. The van der Waals surface area contributed by atoms with Crippen molar-refractivity contribution in [2.45, 2.75) is 24.6 Å². The van der Waals surface area contributed by atoms with Crippen LogP contribution in [0.4, 0.5) is 13.2 Å². The molecular weight excluding hydrogens is 305 g/mol. The number of hydrogen-bond donors (Lipinski definition) is 1. The van der Waals surface area contributed by atoms with Gasteiger partial charge in [0.05, 0.1) is 5.56 Å². The molecule has 2 aliphatic rings. The maximum atomic E-state index is 12.7. The Hall–Kier alpha value is -1.27. The molecule has 1 aliphatic heterocycles. The number of alkyl halides is 3. The minimum Gasteiger partial charge on any atom is -0.336 e. The lowest BCUT2D eigenvalue weighted by Crippen LogP contribution is -2.54. The van der Waals surface area contributed by atoms with Crippen LogP contribution in [-0.2, 0) is 6.18 Å². The van der Waals surface area contributed by atoms with Crippen LogP contribution in [0.3, 0.4) is 0 Å². The first-order chi connectivity index (χ1) is 9.40. The van der Waals surface area contributed by atoms with E-state index >= 15 is 0 Å². The second-order valence-corrected chi connectivity index (χ2v) is 5.51. The van der Waals surface area contributed by atoms with E-state index in [-0.39, 0.29) is 29.4 Å².